The van der Waals surface area contributed by atoms with Gasteiger partial charge in [-0.25, -0.2) is 8.78 Å². The van der Waals surface area contributed by atoms with Crippen LogP contribution in [0, 0.1) is 11.6 Å². The number of benzene rings is 1. The SMILES string of the molecule is C=CC1(C(=O)NC2COC(C(=O)NC)C2)CC(c2cc(F)cc(F)c2)=NO1. The number of amides is 2. The van der Waals surface area contributed by atoms with E-state index < -0.39 is 29.2 Å². The molecule has 27 heavy (non-hydrogen) atoms. The van der Waals surface area contributed by atoms with E-state index in [4.69, 9.17) is 9.57 Å². The molecule has 1 fully saturated rings. The second-order valence-corrected chi connectivity index (χ2v) is 6.40. The molecule has 0 aliphatic carbocycles. The summed E-state index contributed by atoms with van der Waals surface area (Å²) in [6.07, 6.45) is 0.950. The first-order chi connectivity index (χ1) is 12.9. The van der Waals surface area contributed by atoms with Crippen molar-refractivity contribution < 1.29 is 27.9 Å². The first-order valence-corrected chi connectivity index (χ1v) is 8.36. The maximum atomic E-state index is 13.4. The summed E-state index contributed by atoms with van der Waals surface area (Å²) in [6, 6.07) is 2.59. The lowest BCUT2D eigenvalue weighted by molar-refractivity contribution is -0.139. The maximum Gasteiger partial charge on any atom is 0.271 e. The minimum Gasteiger partial charge on any atom is -0.374 e. The number of nitrogens with zero attached hydrogens (tertiary/aromatic N) is 1. The monoisotopic (exact) mass is 379 g/mol. The molecule has 0 spiro atoms. The zero-order valence-electron chi connectivity index (χ0n) is 14.6. The largest absolute Gasteiger partial charge is 0.374 e. The fourth-order valence-corrected chi connectivity index (χ4v) is 3.03. The van der Waals surface area contributed by atoms with Crippen molar-refractivity contribution >= 4 is 17.5 Å². The smallest absolute Gasteiger partial charge is 0.271 e. The third-order valence-corrected chi connectivity index (χ3v) is 4.53. The number of carbonyl (C=O) groups excluding carboxylic acids is 2. The lowest BCUT2D eigenvalue weighted by Crippen LogP contribution is -2.49. The summed E-state index contributed by atoms with van der Waals surface area (Å²) in [5, 5.41) is 9.07. The Hall–Kier alpha value is -2.81. The van der Waals surface area contributed by atoms with Crippen molar-refractivity contribution in [3.63, 3.8) is 0 Å². The highest BCUT2D eigenvalue weighted by atomic mass is 19.1. The van der Waals surface area contributed by atoms with Gasteiger partial charge in [0.25, 0.3) is 5.91 Å². The quantitative estimate of drug-likeness (QED) is 0.748. The summed E-state index contributed by atoms with van der Waals surface area (Å²) in [5.74, 6) is -2.28. The van der Waals surface area contributed by atoms with Crippen molar-refractivity contribution in [1.29, 1.82) is 0 Å². The summed E-state index contributed by atoms with van der Waals surface area (Å²) < 4.78 is 32.2. The predicted molar refractivity (Wildman–Crippen MR) is 91.9 cm³/mol. The number of ether oxygens (including phenoxy) is 1. The van der Waals surface area contributed by atoms with Gasteiger partial charge < -0.3 is 20.2 Å². The van der Waals surface area contributed by atoms with E-state index in [2.05, 4.69) is 22.4 Å². The van der Waals surface area contributed by atoms with Crippen LogP contribution >= 0.6 is 0 Å². The molecule has 144 valence electrons. The Morgan fingerprint density at radius 2 is 2.04 bits per heavy atom. The second kappa shape index (κ2) is 7.43. The standard InChI is InChI=1S/C18H19F2N3O4/c1-3-18(17(25)22-13-7-15(26-9-13)16(24)21-2)8-14(23-27-18)10-4-11(19)6-12(20)5-10/h3-6,13,15H,1,7-9H2,2H3,(H,21,24)(H,22,25). The molecule has 2 N–H and O–H groups in total. The number of rotatable bonds is 5. The highest BCUT2D eigenvalue weighted by Gasteiger charge is 2.46. The molecule has 2 amide bonds. The van der Waals surface area contributed by atoms with Gasteiger partial charge in [-0.1, -0.05) is 11.7 Å². The Kier molecular flexibility index (Phi) is 5.22. The summed E-state index contributed by atoms with van der Waals surface area (Å²) in [4.78, 5) is 29.6. The Morgan fingerprint density at radius 1 is 1.33 bits per heavy atom. The first-order valence-electron chi connectivity index (χ1n) is 8.36. The summed E-state index contributed by atoms with van der Waals surface area (Å²) in [5.41, 5.74) is -1.08. The van der Waals surface area contributed by atoms with E-state index in [1.54, 1.807) is 0 Å². The molecule has 2 heterocycles. The number of oxime groups is 1. The number of likely N-dealkylation sites (N-methyl/N-ethyl adjacent to an activating group) is 1. The van der Waals surface area contributed by atoms with Crippen LogP contribution in [0.25, 0.3) is 0 Å². The van der Waals surface area contributed by atoms with Crippen LogP contribution in [0.15, 0.2) is 36.0 Å². The predicted octanol–water partition coefficient (Wildman–Crippen LogP) is 1.03. The van der Waals surface area contributed by atoms with Crippen molar-refractivity contribution in [2.45, 2.75) is 30.6 Å². The zero-order chi connectivity index (χ0) is 19.6. The fraction of sp³-hybridized carbons (Fsp3) is 0.389. The van der Waals surface area contributed by atoms with Gasteiger partial charge >= 0.3 is 0 Å². The third kappa shape index (κ3) is 3.82. The van der Waals surface area contributed by atoms with Crippen molar-refractivity contribution in [3.8, 4) is 0 Å². The topological polar surface area (TPSA) is 89.0 Å². The van der Waals surface area contributed by atoms with Gasteiger partial charge in [0.15, 0.2) is 0 Å². The van der Waals surface area contributed by atoms with Gasteiger partial charge in [0.05, 0.1) is 18.4 Å². The van der Waals surface area contributed by atoms with Crippen LogP contribution in [0.1, 0.15) is 18.4 Å². The van der Waals surface area contributed by atoms with E-state index in [0.29, 0.717) is 6.42 Å². The van der Waals surface area contributed by atoms with Gasteiger partial charge in [-0.2, -0.15) is 0 Å². The highest BCUT2D eigenvalue weighted by Crippen LogP contribution is 2.29. The molecular formula is C18H19F2N3O4. The normalized spacial score (nSPS) is 26.9. The van der Waals surface area contributed by atoms with Crippen molar-refractivity contribution in [2.75, 3.05) is 13.7 Å². The van der Waals surface area contributed by atoms with E-state index in [1.165, 1.54) is 13.1 Å². The number of hydrogen-bond acceptors (Lipinski definition) is 5. The Morgan fingerprint density at radius 3 is 2.67 bits per heavy atom. The number of carbonyl (C=O) groups is 2. The molecule has 1 saturated heterocycles. The number of hydrogen-bond donors (Lipinski definition) is 2. The molecule has 3 atom stereocenters. The third-order valence-electron chi connectivity index (χ3n) is 4.53. The van der Waals surface area contributed by atoms with Gasteiger partial charge in [0.1, 0.15) is 17.7 Å². The van der Waals surface area contributed by atoms with Crippen LogP contribution in [0.5, 0.6) is 0 Å². The van der Waals surface area contributed by atoms with Gasteiger partial charge in [-0.05, 0) is 18.2 Å². The molecule has 1 aromatic carbocycles. The lowest BCUT2D eigenvalue weighted by atomic mass is 9.92. The molecule has 2 aliphatic rings. The number of nitrogens with one attached hydrogen (secondary N) is 2. The first kappa shape index (κ1) is 19.0. The van der Waals surface area contributed by atoms with E-state index in [9.17, 15) is 18.4 Å². The molecular weight excluding hydrogens is 360 g/mol. The molecule has 1 aromatic rings. The van der Waals surface area contributed by atoms with E-state index in [-0.39, 0.29) is 36.3 Å². The van der Waals surface area contributed by atoms with Crippen LogP contribution in [0.4, 0.5) is 8.78 Å². The average molecular weight is 379 g/mol. The molecule has 0 aromatic heterocycles. The van der Waals surface area contributed by atoms with Crippen LogP contribution in [0.2, 0.25) is 0 Å². The van der Waals surface area contributed by atoms with Crippen LogP contribution in [0.3, 0.4) is 0 Å². The van der Waals surface area contributed by atoms with Gasteiger partial charge in [0.2, 0.25) is 11.5 Å². The summed E-state index contributed by atoms with van der Waals surface area (Å²) in [7, 11) is 1.50. The molecule has 0 radical (unpaired) electrons. The molecule has 0 bridgehead atoms. The second-order valence-electron chi connectivity index (χ2n) is 6.40. The van der Waals surface area contributed by atoms with Gasteiger partial charge in [-0.3, -0.25) is 9.59 Å². The Bertz CT molecular complexity index is 794. The molecule has 9 heteroatoms. The van der Waals surface area contributed by atoms with E-state index in [1.807, 2.05) is 0 Å². The van der Waals surface area contributed by atoms with E-state index in [0.717, 1.165) is 18.2 Å². The van der Waals surface area contributed by atoms with Crippen LogP contribution in [-0.4, -0.2) is 48.9 Å². The highest BCUT2D eigenvalue weighted by molar-refractivity contribution is 6.06. The summed E-state index contributed by atoms with van der Waals surface area (Å²) in [6.45, 7) is 3.81. The van der Waals surface area contributed by atoms with Crippen LogP contribution in [-0.2, 0) is 19.2 Å². The van der Waals surface area contributed by atoms with Crippen molar-refractivity contribution in [3.05, 3.63) is 48.1 Å². The van der Waals surface area contributed by atoms with Crippen molar-refractivity contribution in [2.24, 2.45) is 5.16 Å². The Balaban J connectivity index is 1.67. The summed E-state index contributed by atoms with van der Waals surface area (Å²) >= 11 is 0. The molecule has 3 unspecified atom stereocenters. The molecule has 3 rings (SSSR count). The zero-order valence-corrected chi connectivity index (χ0v) is 14.6. The Labute approximate surface area is 154 Å². The molecule has 2 aliphatic heterocycles. The number of halogens is 2. The minimum atomic E-state index is -1.50. The fourth-order valence-electron chi connectivity index (χ4n) is 3.03. The molecule has 0 saturated carbocycles. The maximum absolute atomic E-state index is 13.4. The average Bonchev–Trinajstić information content (AvgIpc) is 3.28. The molecule has 7 nitrogen and oxygen atoms in total. The van der Waals surface area contributed by atoms with Gasteiger partial charge in [-0.15, -0.1) is 0 Å². The van der Waals surface area contributed by atoms with Gasteiger partial charge in [0, 0.05) is 31.5 Å². The van der Waals surface area contributed by atoms with Crippen LogP contribution < -0.4 is 10.6 Å². The lowest BCUT2D eigenvalue weighted by Gasteiger charge is -2.23. The van der Waals surface area contributed by atoms with Crippen molar-refractivity contribution in [1.82, 2.24) is 10.6 Å². The van der Waals surface area contributed by atoms with E-state index >= 15 is 0 Å². The minimum absolute atomic E-state index is 0.0301.